The molecule has 3 rings (SSSR count). The van der Waals surface area contributed by atoms with Crippen LogP contribution >= 0.6 is 0 Å². The summed E-state index contributed by atoms with van der Waals surface area (Å²) in [5, 5.41) is 3.84. The van der Waals surface area contributed by atoms with E-state index in [9.17, 15) is 9.59 Å². The van der Waals surface area contributed by atoms with Crippen molar-refractivity contribution in [1.29, 1.82) is 0 Å². The fourth-order valence-corrected chi connectivity index (χ4v) is 3.30. The Morgan fingerprint density at radius 1 is 1.18 bits per heavy atom. The van der Waals surface area contributed by atoms with Gasteiger partial charge in [-0.25, -0.2) is 4.79 Å². The van der Waals surface area contributed by atoms with Gasteiger partial charge in [-0.1, -0.05) is 24.2 Å². The molecule has 0 aliphatic carbocycles. The lowest BCUT2D eigenvalue weighted by Crippen LogP contribution is -2.50. The van der Waals surface area contributed by atoms with Crippen LogP contribution in [0.2, 0.25) is 0 Å². The van der Waals surface area contributed by atoms with Crippen molar-refractivity contribution in [2.24, 2.45) is 0 Å². The maximum absolute atomic E-state index is 12.4. The average molecular weight is 387 g/mol. The van der Waals surface area contributed by atoms with Crippen LogP contribution in [-0.2, 0) is 16.0 Å². The lowest BCUT2D eigenvalue weighted by molar-refractivity contribution is -0.134. The number of aryl methyl sites for hydroxylation is 2. The average Bonchev–Trinajstić information content (AvgIpc) is 3.12. The molecule has 2 aromatic rings. The van der Waals surface area contributed by atoms with E-state index in [-0.39, 0.29) is 12.5 Å². The molecule has 1 aliphatic heterocycles. The zero-order chi connectivity index (χ0) is 20.1. The molecule has 0 bridgehead atoms. The third kappa shape index (κ3) is 4.11. The maximum Gasteiger partial charge on any atom is 0.344 e. The van der Waals surface area contributed by atoms with Crippen LogP contribution in [0.1, 0.15) is 28.7 Å². The number of amides is 1. The van der Waals surface area contributed by atoms with Crippen molar-refractivity contribution < 1.29 is 23.6 Å². The van der Waals surface area contributed by atoms with E-state index in [1.54, 1.807) is 18.9 Å². The van der Waals surface area contributed by atoms with Gasteiger partial charge in [0.05, 0.1) is 18.5 Å². The van der Waals surface area contributed by atoms with Gasteiger partial charge in [-0.3, -0.25) is 4.79 Å². The molecule has 150 valence electrons. The molecule has 8 heteroatoms. The highest BCUT2D eigenvalue weighted by Crippen LogP contribution is 2.28. The Labute approximate surface area is 164 Å². The van der Waals surface area contributed by atoms with Crippen LogP contribution in [0.4, 0.5) is 5.69 Å². The van der Waals surface area contributed by atoms with Crippen molar-refractivity contribution in [1.82, 2.24) is 10.1 Å². The quantitative estimate of drug-likeness (QED) is 0.702. The first-order valence-corrected chi connectivity index (χ1v) is 9.33. The van der Waals surface area contributed by atoms with Gasteiger partial charge in [0.15, 0.2) is 6.61 Å². The van der Waals surface area contributed by atoms with Crippen molar-refractivity contribution in [3.63, 3.8) is 0 Å². The first-order valence-electron chi connectivity index (χ1n) is 9.33. The second-order valence-electron chi connectivity index (χ2n) is 6.53. The summed E-state index contributed by atoms with van der Waals surface area (Å²) in [4.78, 5) is 28.6. The number of hydrogen-bond donors (Lipinski definition) is 0. The number of aromatic nitrogens is 1. The van der Waals surface area contributed by atoms with Crippen molar-refractivity contribution in [3.8, 4) is 5.75 Å². The minimum Gasteiger partial charge on any atom is -0.495 e. The Hall–Kier alpha value is -3.03. The summed E-state index contributed by atoms with van der Waals surface area (Å²) in [5.74, 6) is 0.434. The third-order valence-electron chi connectivity index (χ3n) is 4.86. The molecule has 1 fully saturated rings. The van der Waals surface area contributed by atoms with Gasteiger partial charge in [-0.05, 0) is 25.5 Å². The van der Waals surface area contributed by atoms with Crippen LogP contribution in [0.5, 0.6) is 5.75 Å². The number of piperazine rings is 1. The van der Waals surface area contributed by atoms with E-state index in [4.69, 9.17) is 14.0 Å². The molecule has 1 aromatic carbocycles. The molecule has 0 radical (unpaired) electrons. The number of anilines is 1. The Balaban J connectivity index is 1.53. The molecule has 0 N–H and O–H groups in total. The van der Waals surface area contributed by atoms with Crippen molar-refractivity contribution in [2.75, 3.05) is 44.8 Å². The van der Waals surface area contributed by atoms with E-state index in [1.165, 1.54) is 0 Å². The van der Waals surface area contributed by atoms with Crippen LogP contribution in [-0.4, -0.2) is 61.8 Å². The van der Waals surface area contributed by atoms with Crippen molar-refractivity contribution >= 4 is 17.6 Å². The van der Waals surface area contributed by atoms with E-state index in [0.717, 1.165) is 11.4 Å². The SMILES string of the molecule is CCc1noc(C)c1C(=O)OCC(=O)N1CCN(c2ccccc2OC)CC1. The topological polar surface area (TPSA) is 85.1 Å². The summed E-state index contributed by atoms with van der Waals surface area (Å²) >= 11 is 0. The first-order chi connectivity index (χ1) is 13.5. The summed E-state index contributed by atoms with van der Waals surface area (Å²) in [5.41, 5.74) is 1.87. The molecule has 0 atom stereocenters. The molecular weight excluding hydrogens is 362 g/mol. The minimum atomic E-state index is -0.573. The van der Waals surface area contributed by atoms with Crippen LogP contribution < -0.4 is 9.64 Å². The van der Waals surface area contributed by atoms with E-state index in [1.807, 2.05) is 31.2 Å². The summed E-state index contributed by atoms with van der Waals surface area (Å²) in [6.45, 7) is 5.72. The molecule has 1 saturated heterocycles. The number of nitrogens with zero attached hydrogens (tertiary/aromatic N) is 3. The molecule has 28 heavy (non-hydrogen) atoms. The van der Waals surface area contributed by atoms with E-state index in [2.05, 4.69) is 10.1 Å². The first kappa shape index (κ1) is 19.7. The molecule has 1 aliphatic rings. The van der Waals surface area contributed by atoms with Gasteiger partial charge < -0.3 is 23.8 Å². The molecule has 1 amide bonds. The predicted octanol–water partition coefficient (Wildman–Crippen LogP) is 2.06. The van der Waals surface area contributed by atoms with Crippen molar-refractivity contribution in [3.05, 3.63) is 41.3 Å². The van der Waals surface area contributed by atoms with Gasteiger partial charge >= 0.3 is 5.97 Å². The second kappa shape index (κ2) is 8.77. The summed E-state index contributed by atoms with van der Waals surface area (Å²) in [6, 6.07) is 7.82. The van der Waals surface area contributed by atoms with Crippen LogP contribution in [0.15, 0.2) is 28.8 Å². The van der Waals surface area contributed by atoms with Crippen LogP contribution in [0.3, 0.4) is 0 Å². The molecule has 0 saturated carbocycles. The van der Waals surface area contributed by atoms with Crippen LogP contribution in [0.25, 0.3) is 0 Å². The number of hydrogen-bond acceptors (Lipinski definition) is 7. The molecule has 1 aromatic heterocycles. The lowest BCUT2D eigenvalue weighted by Gasteiger charge is -2.36. The number of para-hydroxylation sites is 2. The molecule has 2 heterocycles. The molecule has 0 spiro atoms. The number of carbonyl (C=O) groups is 2. The van der Waals surface area contributed by atoms with Gasteiger partial charge in [0.25, 0.3) is 5.91 Å². The summed E-state index contributed by atoms with van der Waals surface area (Å²) < 4.78 is 15.7. The van der Waals surface area contributed by atoms with E-state index < -0.39 is 5.97 Å². The number of carbonyl (C=O) groups excluding carboxylic acids is 2. The fourth-order valence-electron chi connectivity index (χ4n) is 3.30. The number of esters is 1. The largest absolute Gasteiger partial charge is 0.495 e. The second-order valence-corrected chi connectivity index (χ2v) is 6.53. The van der Waals surface area contributed by atoms with Gasteiger partial charge in [0.2, 0.25) is 0 Å². The Bertz CT molecular complexity index is 840. The Morgan fingerprint density at radius 3 is 2.57 bits per heavy atom. The van der Waals surface area contributed by atoms with Gasteiger partial charge in [0, 0.05) is 26.2 Å². The summed E-state index contributed by atoms with van der Waals surface area (Å²) in [7, 11) is 1.65. The third-order valence-corrected chi connectivity index (χ3v) is 4.86. The molecule has 8 nitrogen and oxygen atoms in total. The van der Waals surface area contributed by atoms with Gasteiger partial charge in [0.1, 0.15) is 17.1 Å². The molecule has 0 unspecified atom stereocenters. The zero-order valence-corrected chi connectivity index (χ0v) is 16.4. The monoisotopic (exact) mass is 387 g/mol. The van der Waals surface area contributed by atoms with Gasteiger partial charge in [-0.2, -0.15) is 0 Å². The number of ether oxygens (including phenoxy) is 2. The number of methoxy groups -OCH3 is 1. The van der Waals surface area contributed by atoms with E-state index in [0.29, 0.717) is 49.6 Å². The number of rotatable bonds is 6. The van der Waals surface area contributed by atoms with E-state index >= 15 is 0 Å². The highest BCUT2D eigenvalue weighted by molar-refractivity contribution is 5.93. The maximum atomic E-state index is 12.4. The Kier molecular flexibility index (Phi) is 6.18. The number of benzene rings is 1. The normalized spacial score (nSPS) is 14.1. The smallest absolute Gasteiger partial charge is 0.344 e. The highest BCUT2D eigenvalue weighted by atomic mass is 16.5. The zero-order valence-electron chi connectivity index (χ0n) is 16.4. The van der Waals surface area contributed by atoms with Crippen LogP contribution in [0, 0.1) is 6.92 Å². The van der Waals surface area contributed by atoms with Crippen molar-refractivity contribution in [2.45, 2.75) is 20.3 Å². The predicted molar refractivity (Wildman–Crippen MR) is 103 cm³/mol. The Morgan fingerprint density at radius 2 is 1.89 bits per heavy atom. The van der Waals surface area contributed by atoms with Gasteiger partial charge in [-0.15, -0.1) is 0 Å². The standard InChI is InChI=1S/C20H25N3O5/c1-4-15-19(14(2)28-21-15)20(25)27-13-18(24)23-11-9-22(10-12-23)16-7-5-6-8-17(16)26-3/h5-8H,4,9-13H2,1-3H3. The fraction of sp³-hybridized carbons (Fsp3) is 0.450. The molecular formula is C20H25N3O5. The highest BCUT2D eigenvalue weighted by Gasteiger charge is 2.25. The summed E-state index contributed by atoms with van der Waals surface area (Å²) in [6.07, 6.45) is 0.556. The minimum absolute atomic E-state index is 0.208. The lowest BCUT2D eigenvalue weighted by atomic mass is 10.1.